The largest absolute Gasteiger partial charge is 0.282 e. The number of hydrogen-bond acceptors (Lipinski definition) is 4. The Labute approximate surface area is 176 Å². The molecule has 0 N–H and O–H groups in total. The third-order valence-electron chi connectivity index (χ3n) is 5.08. The lowest BCUT2D eigenvalue weighted by Crippen LogP contribution is -2.19. The van der Waals surface area contributed by atoms with Crippen LogP contribution in [-0.2, 0) is 0 Å². The smallest absolute Gasteiger partial charge is 0.266 e. The molecule has 0 saturated heterocycles. The van der Waals surface area contributed by atoms with Gasteiger partial charge in [0.15, 0.2) is 5.65 Å². The van der Waals surface area contributed by atoms with Crippen LogP contribution >= 0.6 is 11.6 Å². The highest BCUT2D eigenvalue weighted by Crippen LogP contribution is 2.30. The number of nitrogens with zero attached hydrogens (tertiary/aromatic N) is 5. The van der Waals surface area contributed by atoms with E-state index in [-0.39, 0.29) is 5.56 Å². The van der Waals surface area contributed by atoms with Crippen LogP contribution in [0, 0.1) is 18.3 Å². The molecule has 0 atom stereocenters. The quantitative estimate of drug-likeness (QED) is 0.427. The van der Waals surface area contributed by atoms with Gasteiger partial charge in [0.25, 0.3) is 5.56 Å². The SMILES string of the molecule is Cc1nn2c(ncc3c(=O)n(-c4ccccc4C#N)ccc32)c1-c1cccc(Cl)c1. The Morgan fingerprint density at radius 3 is 2.73 bits per heavy atom. The third-order valence-corrected chi connectivity index (χ3v) is 5.32. The topological polar surface area (TPSA) is 76.0 Å². The van der Waals surface area contributed by atoms with Gasteiger partial charge in [-0.25, -0.2) is 9.50 Å². The Kier molecular flexibility index (Phi) is 4.12. The number of pyridine rings is 1. The molecule has 0 spiro atoms. The minimum Gasteiger partial charge on any atom is -0.282 e. The van der Waals surface area contributed by atoms with Gasteiger partial charge in [-0.05, 0) is 42.8 Å². The summed E-state index contributed by atoms with van der Waals surface area (Å²) in [5, 5.41) is 15.1. The first kappa shape index (κ1) is 18.1. The average Bonchev–Trinajstić information content (AvgIpc) is 3.10. The summed E-state index contributed by atoms with van der Waals surface area (Å²) in [5.41, 5.74) is 4.56. The second-order valence-corrected chi connectivity index (χ2v) is 7.32. The zero-order valence-electron chi connectivity index (χ0n) is 15.9. The summed E-state index contributed by atoms with van der Waals surface area (Å²) in [6.07, 6.45) is 3.23. The number of para-hydroxylation sites is 1. The number of rotatable bonds is 2. The van der Waals surface area contributed by atoms with Gasteiger partial charge in [0.2, 0.25) is 0 Å². The Morgan fingerprint density at radius 2 is 1.93 bits per heavy atom. The van der Waals surface area contributed by atoms with E-state index in [0.29, 0.717) is 32.8 Å². The minimum atomic E-state index is -0.262. The lowest BCUT2D eigenvalue weighted by Gasteiger charge is -2.09. The molecule has 0 amide bonds. The van der Waals surface area contributed by atoms with Crippen LogP contribution in [0.4, 0.5) is 0 Å². The van der Waals surface area contributed by atoms with Gasteiger partial charge < -0.3 is 0 Å². The van der Waals surface area contributed by atoms with Crippen molar-refractivity contribution >= 4 is 28.2 Å². The second-order valence-electron chi connectivity index (χ2n) is 6.88. The molecule has 0 bridgehead atoms. The fraction of sp³-hybridized carbons (Fsp3) is 0.0435. The zero-order valence-corrected chi connectivity index (χ0v) is 16.6. The fourth-order valence-corrected chi connectivity index (χ4v) is 3.92. The van der Waals surface area contributed by atoms with E-state index in [0.717, 1.165) is 16.8 Å². The molecule has 0 aliphatic heterocycles. The number of benzene rings is 2. The molecule has 7 heteroatoms. The van der Waals surface area contributed by atoms with Crippen molar-refractivity contribution in [2.24, 2.45) is 0 Å². The van der Waals surface area contributed by atoms with E-state index in [2.05, 4.69) is 16.2 Å². The number of nitriles is 1. The lowest BCUT2D eigenvalue weighted by atomic mass is 10.1. The van der Waals surface area contributed by atoms with E-state index in [1.54, 1.807) is 41.2 Å². The van der Waals surface area contributed by atoms with Gasteiger partial charge in [0.1, 0.15) is 6.07 Å². The molecule has 3 heterocycles. The van der Waals surface area contributed by atoms with Crippen molar-refractivity contribution < 1.29 is 0 Å². The molecule has 0 unspecified atom stereocenters. The molecule has 0 aliphatic carbocycles. The van der Waals surface area contributed by atoms with Crippen molar-refractivity contribution in [3.05, 3.63) is 93.6 Å². The highest BCUT2D eigenvalue weighted by Gasteiger charge is 2.17. The van der Waals surface area contributed by atoms with Crippen LogP contribution in [0.3, 0.4) is 0 Å². The molecule has 2 aromatic carbocycles. The van der Waals surface area contributed by atoms with E-state index in [9.17, 15) is 10.1 Å². The molecule has 144 valence electrons. The maximum absolute atomic E-state index is 13.2. The van der Waals surface area contributed by atoms with Crippen LogP contribution in [0.2, 0.25) is 5.02 Å². The molecular weight excluding hydrogens is 398 g/mol. The van der Waals surface area contributed by atoms with E-state index >= 15 is 0 Å². The predicted octanol–water partition coefficient (Wildman–Crippen LogP) is 4.53. The summed E-state index contributed by atoms with van der Waals surface area (Å²) >= 11 is 6.17. The van der Waals surface area contributed by atoms with Crippen LogP contribution in [0.5, 0.6) is 0 Å². The van der Waals surface area contributed by atoms with E-state index in [4.69, 9.17) is 11.6 Å². The summed E-state index contributed by atoms with van der Waals surface area (Å²) in [5.74, 6) is 0. The highest BCUT2D eigenvalue weighted by molar-refractivity contribution is 6.30. The zero-order chi connectivity index (χ0) is 20.8. The van der Waals surface area contributed by atoms with Crippen molar-refractivity contribution in [1.29, 1.82) is 5.26 Å². The number of aryl methyl sites for hydroxylation is 1. The van der Waals surface area contributed by atoms with Crippen LogP contribution in [0.15, 0.2) is 71.8 Å². The van der Waals surface area contributed by atoms with Crippen molar-refractivity contribution in [2.75, 3.05) is 0 Å². The highest BCUT2D eigenvalue weighted by atomic mass is 35.5. The molecule has 5 rings (SSSR count). The van der Waals surface area contributed by atoms with Crippen molar-refractivity contribution in [1.82, 2.24) is 19.2 Å². The maximum atomic E-state index is 13.2. The Hall–Kier alpha value is -3.95. The van der Waals surface area contributed by atoms with Crippen LogP contribution in [-0.4, -0.2) is 19.2 Å². The predicted molar refractivity (Wildman–Crippen MR) is 116 cm³/mol. The van der Waals surface area contributed by atoms with E-state index in [1.165, 1.54) is 4.57 Å². The van der Waals surface area contributed by atoms with Crippen LogP contribution in [0.25, 0.3) is 33.4 Å². The van der Waals surface area contributed by atoms with Gasteiger partial charge in [-0.3, -0.25) is 9.36 Å². The van der Waals surface area contributed by atoms with Gasteiger partial charge in [-0.15, -0.1) is 0 Å². The number of aromatic nitrogens is 4. The number of hydrogen-bond donors (Lipinski definition) is 0. The van der Waals surface area contributed by atoms with Gasteiger partial charge in [0, 0.05) is 23.0 Å². The molecule has 3 aromatic heterocycles. The van der Waals surface area contributed by atoms with Crippen molar-refractivity contribution in [3.8, 4) is 22.9 Å². The van der Waals surface area contributed by atoms with Crippen LogP contribution in [0.1, 0.15) is 11.3 Å². The monoisotopic (exact) mass is 411 g/mol. The van der Waals surface area contributed by atoms with Crippen LogP contribution < -0.4 is 5.56 Å². The van der Waals surface area contributed by atoms with Crippen molar-refractivity contribution in [2.45, 2.75) is 6.92 Å². The molecule has 0 aliphatic rings. The van der Waals surface area contributed by atoms with Gasteiger partial charge >= 0.3 is 0 Å². The molecular formula is C23H14ClN5O. The van der Waals surface area contributed by atoms with E-state index < -0.39 is 0 Å². The third kappa shape index (κ3) is 2.68. The Bertz CT molecular complexity index is 1560. The van der Waals surface area contributed by atoms with Crippen molar-refractivity contribution in [3.63, 3.8) is 0 Å². The summed E-state index contributed by atoms with van der Waals surface area (Å²) < 4.78 is 3.14. The molecule has 30 heavy (non-hydrogen) atoms. The average molecular weight is 412 g/mol. The molecule has 0 radical (unpaired) electrons. The first-order valence-corrected chi connectivity index (χ1v) is 9.61. The standard InChI is InChI=1S/C23H14ClN5O/c1-14-21(15-6-4-7-17(24)11-15)22-26-13-18-20(29(22)27-14)9-10-28(23(18)30)19-8-3-2-5-16(19)12-25/h2-11,13H,1H3. The first-order chi connectivity index (χ1) is 14.6. The molecule has 0 saturated carbocycles. The van der Waals surface area contributed by atoms with E-state index in [1.807, 2.05) is 37.3 Å². The minimum absolute atomic E-state index is 0.262. The lowest BCUT2D eigenvalue weighted by molar-refractivity contribution is 0.939. The van der Waals surface area contributed by atoms with Gasteiger partial charge in [-0.1, -0.05) is 35.9 Å². The van der Waals surface area contributed by atoms with Gasteiger partial charge in [-0.2, -0.15) is 10.4 Å². The summed E-state index contributed by atoms with van der Waals surface area (Å²) in [6.45, 7) is 1.90. The summed E-state index contributed by atoms with van der Waals surface area (Å²) in [7, 11) is 0. The Balaban J connectivity index is 1.79. The molecule has 0 fully saturated rings. The molecule has 5 aromatic rings. The summed E-state index contributed by atoms with van der Waals surface area (Å²) in [6, 6.07) is 18.5. The summed E-state index contributed by atoms with van der Waals surface area (Å²) in [4.78, 5) is 17.8. The number of halogens is 1. The second kappa shape index (κ2) is 6.83. The number of fused-ring (bicyclic) bond motifs is 3. The Morgan fingerprint density at radius 1 is 1.10 bits per heavy atom. The molecule has 6 nitrogen and oxygen atoms in total. The first-order valence-electron chi connectivity index (χ1n) is 9.23. The van der Waals surface area contributed by atoms with Gasteiger partial charge in [0.05, 0.1) is 27.8 Å². The maximum Gasteiger partial charge on any atom is 0.266 e. The fourth-order valence-electron chi connectivity index (χ4n) is 3.73. The normalized spacial score (nSPS) is 11.1.